The highest BCUT2D eigenvalue weighted by Gasteiger charge is 2.39. The number of anilines is 3. The molecule has 10 nitrogen and oxygen atoms in total. The fraction of sp³-hybridized carbons (Fsp3) is 0.478. The Morgan fingerprint density at radius 2 is 2.17 bits per heavy atom. The number of carbonyl (C=O) groups excluding carboxylic acids is 1. The van der Waals surface area contributed by atoms with E-state index in [1.165, 1.54) is 10.7 Å². The Balaban J connectivity index is 1.43. The van der Waals surface area contributed by atoms with Crippen molar-refractivity contribution in [3.63, 3.8) is 0 Å². The van der Waals surface area contributed by atoms with Crippen molar-refractivity contribution in [2.24, 2.45) is 0 Å². The van der Waals surface area contributed by atoms with Crippen LogP contribution >= 0.6 is 0 Å². The zero-order valence-corrected chi connectivity index (χ0v) is 19.4. The summed E-state index contributed by atoms with van der Waals surface area (Å²) in [5.41, 5.74) is 0.613. The number of aromatic nitrogens is 4. The molecule has 0 bridgehead atoms. The number of hydrogen-bond donors (Lipinski definition) is 3. The number of alkyl halides is 2. The van der Waals surface area contributed by atoms with Gasteiger partial charge in [-0.1, -0.05) is 0 Å². The fourth-order valence-corrected chi connectivity index (χ4v) is 4.54. The Morgan fingerprint density at radius 1 is 1.34 bits per heavy atom. The van der Waals surface area contributed by atoms with Gasteiger partial charge < -0.3 is 20.5 Å². The largest absolute Gasteiger partial charge is 0.373 e. The van der Waals surface area contributed by atoms with Crippen LogP contribution in [0.1, 0.15) is 35.7 Å². The lowest BCUT2D eigenvalue weighted by atomic mass is 10.1. The van der Waals surface area contributed by atoms with Crippen molar-refractivity contribution in [1.82, 2.24) is 29.4 Å². The van der Waals surface area contributed by atoms with Gasteiger partial charge in [-0.2, -0.15) is 9.61 Å². The second kappa shape index (κ2) is 9.61. The number of likely N-dealkylation sites (tertiary alicyclic amines) is 1. The number of rotatable bonds is 8. The normalized spacial score (nSPS) is 22.2. The quantitative estimate of drug-likeness (QED) is 0.448. The molecular weight excluding hydrogens is 458 g/mol. The maximum Gasteiger partial charge on any atom is 0.274 e. The SMILES string of the molecule is CNc1cc(Nc2cccn([C@H]3CCCN(CCF)C3)c2=O)nc2c(C(=O)N[C@@H]3C[C@@H]3F)cnn12. The molecule has 3 N–H and O–H groups in total. The highest BCUT2D eigenvalue weighted by molar-refractivity contribution is 6.00. The molecule has 3 aromatic rings. The average Bonchev–Trinajstić information content (AvgIpc) is 3.37. The van der Waals surface area contributed by atoms with Crippen LogP contribution in [0.25, 0.3) is 5.65 Å². The smallest absolute Gasteiger partial charge is 0.274 e. The van der Waals surface area contributed by atoms with Crippen molar-refractivity contribution in [2.45, 2.75) is 37.5 Å². The first kappa shape index (κ1) is 23.2. The van der Waals surface area contributed by atoms with Crippen molar-refractivity contribution < 1.29 is 13.6 Å². The average molecular weight is 487 g/mol. The first-order valence-electron chi connectivity index (χ1n) is 11.8. The summed E-state index contributed by atoms with van der Waals surface area (Å²) in [6.45, 7) is 1.41. The summed E-state index contributed by atoms with van der Waals surface area (Å²) in [7, 11) is 1.71. The van der Waals surface area contributed by atoms with Crippen LogP contribution in [-0.4, -0.2) is 75.5 Å². The highest BCUT2D eigenvalue weighted by atomic mass is 19.1. The van der Waals surface area contributed by atoms with E-state index in [1.807, 2.05) is 4.90 Å². The van der Waals surface area contributed by atoms with E-state index in [2.05, 4.69) is 26.0 Å². The molecule has 2 aliphatic rings. The van der Waals surface area contributed by atoms with Gasteiger partial charge in [0.25, 0.3) is 11.5 Å². The van der Waals surface area contributed by atoms with Crippen molar-refractivity contribution in [1.29, 1.82) is 0 Å². The van der Waals surface area contributed by atoms with Gasteiger partial charge in [0.05, 0.1) is 12.2 Å². The van der Waals surface area contributed by atoms with Crippen LogP contribution < -0.4 is 21.5 Å². The number of halogens is 2. The van der Waals surface area contributed by atoms with Crippen LogP contribution in [0.15, 0.2) is 35.4 Å². The lowest BCUT2D eigenvalue weighted by molar-refractivity contribution is 0.0949. The number of nitrogens with one attached hydrogen (secondary N) is 3. The molecule has 0 unspecified atom stereocenters. The zero-order valence-electron chi connectivity index (χ0n) is 19.4. The minimum absolute atomic E-state index is 0.0419. The van der Waals surface area contributed by atoms with Gasteiger partial charge in [-0.15, -0.1) is 0 Å². The van der Waals surface area contributed by atoms with Gasteiger partial charge in [-0.3, -0.25) is 14.5 Å². The molecule has 1 aliphatic carbocycles. The van der Waals surface area contributed by atoms with E-state index in [4.69, 9.17) is 0 Å². The summed E-state index contributed by atoms with van der Waals surface area (Å²) in [5, 5.41) is 13.0. The van der Waals surface area contributed by atoms with Gasteiger partial charge in [-0.05, 0) is 31.5 Å². The van der Waals surface area contributed by atoms with Crippen molar-refractivity contribution in [3.05, 3.63) is 46.5 Å². The molecule has 2 fully saturated rings. The van der Waals surface area contributed by atoms with Gasteiger partial charge in [-0.25, -0.2) is 13.8 Å². The van der Waals surface area contributed by atoms with Gasteiger partial charge in [0, 0.05) is 44.9 Å². The summed E-state index contributed by atoms with van der Waals surface area (Å²) in [4.78, 5) is 32.5. The summed E-state index contributed by atoms with van der Waals surface area (Å²) in [6.07, 6.45) is 4.16. The van der Waals surface area contributed by atoms with E-state index in [0.717, 1.165) is 19.4 Å². The number of nitrogens with zero attached hydrogens (tertiary/aromatic N) is 5. The van der Waals surface area contributed by atoms with Crippen LogP contribution in [0, 0.1) is 0 Å². The van der Waals surface area contributed by atoms with Gasteiger partial charge in [0.15, 0.2) is 5.65 Å². The van der Waals surface area contributed by atoms with Crippen molar-refractivity contribution >= 4 is 28.9 Å². The minimum atomic E-state index is -1.02. The van der Waals surface area contributed by atoms with Crippen LogP contribution in [0.3, 0.4) is 0 Å². The van der Waals surface area contributed by atoms with Crippen LogP contribution in [0.5, 0.6) is 0 Å². The molecule has 1 saturated heterocycles. The second-order valence-corrected chi connectivity index (χ2v) is 8.95. The summed E-state index contributed by atoms with van der Waals surface area (Å²) < 4.78 is 29.2. The molecule has 4 heterocycles. The van der Waals surface area contributed by atoms with Gasteiger partial charge in [0.2, 0.25) is 0 Å². The van der Waals surface area contributed by atoms with E-state index >= 15 is 0 Å². The molecule has 0 aromatic carbocycles. The fourth-order valence-electron chi connectivity index (χ4n) is 4.54. The maximum atomic E-state index is 13.3. The minimum Gasteiger partial charge on any atom is -0.373 e. The molecule has 3 aromatic heterocycles. The Hall–Kier alpha value is -3.54. The van der Waals surface area contributed by atoms with E-state index < -0.39 is 24.8 Å². The number of hydrogen-bond acceptors (Lipinski definition) is 7. The monoisotopic (exact) mass is 486 g/mol. The topological polar surface area (TPSA) is 109 Å². The third kappa shape index (κ3) is 4.70. The summed E-state index contributed by atoms with van der Waals surface area (Å²) in [6, 6.07) is 4.62. The maximum absolute atomic E-state index is 13.3. The van der Waals surface area contributed by atoms with Crippen LogP contribution in [0.2, 0.25) is 0 Å². The number of fused-ring (bicyclic) bond motifs is 1. The molecule has 1 amide bonds. The Morgan fingerprint density at radius 3 is 2.91 bits per heavy atom. The second-order valence-electron chi connectivity index (χ2n) is 8.95. The number of carbonyl (C=O) groups is 1. The van der Waals surface area contributed by atoms with E-state index in [-0.39, 0.29) is 22.8 Å². The molecule has 1 aliphatic heterocycles. The molecule has 0 radical (unpaired) electrons. The van der Waals surface area contributed by atoms with E-state index in [0.29, 0.717) is 36.8 Å². The van der Waals surface area contributed by atoms with Crippen LogP contribution in [0.4, 0.5) is 26.1 Å². The van der Waals surface area contributed by atoms with Gasteiger partial charge in [0.1, 0.15) is 35.7 Å². The number of piperidine rings is 1. The lowest BCUT2D eigenvalue weighted by Gasteiger charge is -2.33. The van der Waals surface area contributed by atoms with Crippen molar-refractivity contribution in [3.8, 4) is 0 Å². The zero-order chi connectivity index (χ0) is 24.5. The molecule has 0 spiro atoms. The summed E-state index contributed by atoms with van der Waals surface area (Å²) >= 11 is 0. The number of amides is 1. The predicted molar refractivity (Wildman–Crippen MR) is 128 cm³/mol. The molecule has 1 saturated carbocycles. The Labute approximate surface area is 200 Å². The Bertz CT molecular complexity index is 1290. The third-order valence-corrected chi connectivity index (χ3v) is 6.51. The molecule has 35 heavy (non-hydrogen) atoms. The first-order valence-corrected chi connectivity index (χ1v) is 11.8. The van der Waals surface area contributed by atoms with Crippen LogP contribution in [-0.2, 0) is 0 Å². The Kier molecular flexibility index (Phi) is 6.37. The standard InChI is InChI=1S/C23H28F2N8O2/c1-26-20-11-19(30-21-15(12-27-33(20)21)22(34)29-18-10-16(18)25)28-17-5-3-8-32(23(17)35)14-4-2-7-31(13-14)9-6-24/h3,5,8,11-12,14,16,18,26H,2,4,6-7,9-10,13H2,1H3,(H,28,30)(H,29,34)/t14-,16-,18+/m0/s1. The predicted octanol–water partition coefficient (Wildman–Crippen LogP) is 2.12. The summed E-state index contributed by atoms with van der Waals surface area (Å²) in [5.74, 6) is 0.453. The third-order valence-electron chi connectivity index (χ3n) is 6.51. The first-order chi connectivity index (χ1) is 17.0. The molecule has 3 atom stereocenters. The molecular formula is C23H28F2N8O2. The lowest BCUT2D eigenvalue weighted by Crippen LogP contribution is -2.40. The number of pyridine rings is 1. The van der Waals surface area contributed by atoms with E-state index in [1.54, 1.807) is 36.0 Å². The molecule has 5 rings (SSSR count). The molecule has 12 heteroatoms. The van der Waals surface area contributed by atoms with Gasteiger partial charge >= 0.3 is 0 Å². The highest BCUT2D eigenvalue weighted by Crippen LogP contribution is 2.27. The molecule has 186 valence electrons. The van der Waals surface area contributed by atoms with E-state index in [9.17, 15) is 18.4 Å². The van der Waals surface area contributed by atoms with Crippen molar-refractivity contribution in [2.75, 3.05) is 44.0 Å².